The fourth-order valence-electron chi connectivity index (χ4n) is 1.59. The van der Waals surface area contributed by atoms with E-state index in [1.807, 2.05) is 18.2 Å². The van der Waals surface area contributed by atoms with Gasteiger partial charge in [0, 0.05) is 17.5 Å². The van der Waals surface area contributed by atoms with Crippen LogP contribution in [0.2, 0.25) is 0 Å². The van der Waals surface area contributed by atoms with Crippen LogP contribution in [0.3, 0.4) is 0 Å². The van der Waals surface area contributed by atoms with E-state index in [4.69, 9.17) is 10.2 Å². The summed E-state index contributed by atoms with van der Waals surface area (Å²) in [5.41, 5.74) is 7.42. The smallest absolute Gasteiger partial charge is 0.134 e. The van der Waals surface area contributed by atoms with Crippen LogP contribution in [0.1, 0.15) is 25.5 Å². The minimum atomic E-state index is 0. The van der Waals surface area contributed by atoms with Crippen LogP contribution in [0.4, 0.5) is 5.69 Å². The van der Waals surface area contributed by atoms with Crippen LogP contribution in [0, 0.1) is 0 Å². The first-order valence-corrected chi connectivity index (χ1v) is 5.07. The first-order chi connectivity index (χ1) is 6.79. The molecule has 0 radical (unpaired) electrons. The molecule has 0 spiro atoms. The molecule has 1 aromatic heterocycles. The Labute approximate surface area is 95.9 Å². The number of nitrogens with two attached hydrogens (primary N) is 1. The topological polar surface area (TPSA) is 39.2 Å². The van der Waals surface area contributed by atoms with Gasteiger partial charge in [-0.3, -0.25) is 0 Å². The fourth-order valence-corrected chi connectivity index (χ4v) is 1.59. The van der Waals surface area contributed by atoms with Crippen molar-refractivity contribution in [1.29, 1.82) is 0 Å². The van der Waals surface area contributed by atoms with Crippen molar-refractivity contribution in [3.8, 4) is 0 Å². The van der Waals surface area contributed by atoms with Gasteiger partial charge in [-0.2, -0.15) is 0 Å². The van der Waals surface area contributed by atoms with Gasteiger partial charge in [0.05, 0.1) is 0 Å². The second-order valence-corrected chi connectivity index (χ2v) is 3.61. The number of unbranched alkanes of at least 4 members (excludes halogenated alkanes) is 1. The van der Waals surface area contributed by atoms with E-state index in [1.54, 1.807) is 0 Å². The number of anilines is 1. The van der Waals surface area contributed by atoms with Gasteiger partial charge in [0.1, 0.15) is 11.3 Å². The number of nitrogen functional groups attached to an aromatic ring is 1. The molecule has 2 N–H and O–H groups in total. The monoisotopic (exact) mass is 225 g/mol. The quantitative estimate of drug-likeness (QED) is 0.808. The van der Waals surface area contributed by atoms with Gasteiger partial charge in [0.25, 0.3) is 0 Å². The molecule has 0 fully saturated rings. The van der Waals surface area contributed by atoms with Crippen molar-refractivity contribution in [2.24, 2.45) is 0 Å². The molecular weight excluding hydrogens is 210 g/mol. The van der Waals surface area contributed by atoms with Gasteiger partial charge < -0.3 is 10.2 Å². The second kappa shape index (κ2) is 5.08. The molecular formula is C12H16ClNO. The van der Waals surface area contributed by atoms with Crippen molar-refractivity contribution >= 4 is 29.1 Å². The van der Waals surface area contributed by atoms with Gasteiger partial charge in [0.2, 0.25) is 0 Å². The maximum absolute atomic E-state index is 5.69. The van der Waals surface area contributed by atoms with Gasteiger partial charge in [-0.15, -0.1) is 12.4 Å². The van der Waals surface area contributed by atoms with Crippen LogP contribution < -0.4 is 5.73 Å². The lowest BCUT2D eigenvalue weighted by molar-refractivity contribution is 0.536. The average Bonchev–Trinajstić information content (AvgIpc) is 2.56. The van der Waals surface area contributed by atoms with Crippen LogP contribution in [-0.2, 0) is 6.42 Å². The molecule has 0 aliphatic heterocycles. The van der Waals surface area contributed by atoms with Crippen molar-refractivity contribution in [3.05, 3.63) is 30.0 Å². The molecule has 0 saturated carbocycles. The summed E-state index contributed by atoms with van der Waals surface area (Å²) in [6.07, 6.45) is 3.39. The van der Waals surface area contributed by atoms with Crippen LogP contribution in [-0.4, -0.2) is 0 Å². The van der Waals surface area contributed by atoms with Gasteiger partial charge >= 0.3 is 0 Å². The summed E-state index contributed by atoms with van der Waals surface area (Å²) >= 11 is 0. The normalized spacial score (nSPS) is 10.2. The zero-order chi connectivity index (χ0) is 9.97. The van der Waals surface area contributed by atoms with E-state index in [9.17, 15) is 0 Å². The number of halogens is 1. The summed E-state index contributed by atoms with van der Waals surface area (Å²) < 4.78 is 5.67. The number of rotatable bonds is 3. The lowest BCUT2D eigenvalue weighted by atomic mass is 10.2. The Morgan fingerprint density at radius 1 is 1.27 bits per heavy atom. The SMILES string of the molecule is CCCCc1cc2cc(N)ccc2o1.Cl. The van der Waals surface area contributed by atoms with E-state index in [2.05, 4.69) is 13.0 Å². The van der Waals surface area contributed by atoms with Gasteiger partial charge in [0.15, 0.2) is 0 Å². The van der Waals surface area contributed by atoms with Crippen LogP contribution >= 0.6 is 12.4 Å². The van der Waals surface area contributed by atoms with Crippen molar-refractivity contribution in [2.45, 2.75) is 26.2 Å². The van der Waals surface area contributed by atoms with E-state index < -0.39 is 0 Å². The molecule has 0 atom stereocenters. The maximum Gasteiger partial charge on any atom is 0.134 e. The first-order valence-electron chi connectivity index (χ1n) is 5.07. The molecule has 1 aromatic carbocycles. The molecule has 82 valence electrons. The predicted molar refractivity (Wildman–Crippen MR) is 66.5 cm³/mol. The van der Waals surface area contributed by atoms with Crippen molar-refractivity contribution in [1.82, 2.24) is 0 Å². The third kappa shape index (κ3) is 2.66. The summed E-state index contributed by atoms with van der Waals surface area (Å²) in [6.45, 7) is 2.18. The number of hydrogen-bond donors (Lipinski definition) is 1. The molecule has 2 nitrogen and oxygen atoms in total. The molecule has 0 bridgehead atoms. The number of hydrogen-bond acceptors (Lipinski definition) is 2. The number of fused-ring (bicyclic) bond motifs is 1. The Morgan fingerprint density at radius 2 is 2.07 bits per heavy atom. The van der Waals surface area contributed by atoms with Crippen molar-refractivity contribution in [3.63, 3.8) is 0 Å². The maximum atomic E-state index is 5.69. The Kier molecular flexibility index (Phi) is 4.04. The Morgan fingerprint density at radius 3 is 2.80 bits per heavy atom. The van der Waals surface area contributed by atoms with Crippen LogP contribution in [0.25, 0.3) is 11.0 Å². The zero-order valence-corrected chi connectivity index (χ0v) is 9.64. The van der Waals surface area contributed by atoms with E-state index in [0.29, 0.717) is 0 Å². The highest BCUT2D eigenvalue weighted by Gasteiger charge is 2.02. The summed E-state index contributed by atoms with van der Waals surface area (Å²) in [6, 6.07) is 7.84. The number of aryl methyl sites for hydroxylation is 1. The largest absolute Gasteiger partial charge is 0.461 e. The third-order valence-electron chi connectivity index (χ3n) is 2.37. The highest BCUT2D eigenvalue weighted by Crippen LogP contribution is 2.22. The molecule has 0 aliphatic carbocycles. The highest BCUT2D eigenvalue weighted by molar-refractivity contribution is 5.85. The van der Waals surface area contributed by atoms with Crippen LogP contribution in [0.15, 0.2) is 28.7 Å². The van der Waals surface area contributed by atoms with Gasteiger partial charge in [-0.25, -0.2) is 0 Å². The van der Waals surface area contributed by atoms with E-state index in [-0.39, 0.29) is 12.4 Å². The summed E-state index contributed by atoms with van der Waals surface area (Å²) in [4.78, 5) is 0. The minimum Gasteiger partial charge on any atom is -0.461 e. The molecule has 1 heterocycles. The summed E-state index contributed by atoms with van der Waals surface area (Å²) in [7, 11) is 0. The number of furan rings is 1. The third-order valence-corrected chi connectivity index (χ3v) is 2.37. The molecule has 0 saturated heterocycles. The molecule has 3 heteroatoms. The molecule has 0 amide bonds. The Bertz CT molecular complexity index is 436. The van der Waals surface area contributed by atoms with E-state index in [0.717, 1.165) is 28.8 Å². The first kappa shape index (κ1) is 11.9. The van der Waals surface area contributed by atoms with Crippen molar-refractivity contribution in [2.75, 3.05) is 5.73 Å². The fraction of sp³-hybridized carbons (Fsp3) is 0.333. The van der Waals surface area contributed by atoms with Crippen molar-refractivity contribution < 1.29 is 4.42 Å². The average molecular weight is 226 g/mol. The van der Waals surface area contributed by atoms with E-state index >= 15 is 0 Å². The lowest BCUT2D eigenvalue weighted by Crippen LogP contribution is -1.81. The molecule has 15 heavy (non-hydrogen) atoms. The highest BCUT2D eigenvalue weighted by atomic mass is 35.5. The van der Waals surface area contributed by atoms with Gasteiger partial charge in [-0.1, -0.05) is 13.3 Å². The zero-order valence-electron chi connectivity index (χ0n) is 8.82. The molecule has 2 aromatic rings. The van der Waals surface area contributed by atoms with Crippen LogP contribution in [0.5, 0.6) is 0 Å². The van der Waals surface area contributed by atoms with Gasteiger partial charge in [-0.05, 0) is 30.7 Å². The minimum absolute atomic E-state index is 0. The summed E-state index contributed by atoms with van der Waals surface area (Å²) in [5.74, 6) is 1.06. The Balaban J connectivity index is 0.00000112. The number of benzene rings is 1. The molecule has 0 unspecified atom stereocenters. The lowest BCUT2D eigenvalue weighted by Gasteiger charge is -1.91. The second-order valence-electron chi connectivity index (χ2n) is 3.61. The predicted octanol–water partition coefficient (Wildman–Crippen LogP) is 3.78. The molecule has 0 aliphatic rings. The Hall–Kier alpha value is -1.15. The summed E-state index contributed by atoms with van der Waals surface area (Å²) in [5, 5.41) is 1.11. The van der Waals surface area contributed by atoms with E-state index in [1.165, 1.54) is 12.8 Å². The molecule has 2 rings (SSSR count). The standard InChI is InChI=1S/C12H15NO.ClH/c1-2-3-4-11-8-9-7-10(13)5-6-12(9)14-11;/h5-8H,2-4,13H2,1H3;1H.